The Balaban J connectivity index is 2.52. The van der Waals surface area contributed by atoms with E-state index in [1.54, 1.807) is 0 Å². The first-order chi connectivity index (χ1) is 7.11. The second kappa shape index (κ2) is 6.48. The van der Waals surface area contributed by atoms with E-state index < -0.39 is 0 Å². The second-order valence-corrected chi connectivity index (χ2v) is 7.95. The summed E-state index contributed by atoms with van der Waals surface area (Å²) in [5.41, 5.74) is 1.48. The molecule has 0 aromatic carbocycles. The Hall–Kier alpha value is -0.100. The number of nitrogens with zero attached hydrogens (tertiary/aromatic N) is 1. The maximum Gasteiger partial charge on any atom is 0.0995 e. The third-order valence-corrected chi connectivity index (χ3v) is 5.49. The number of hydrogen-bond acceptors (Lipinski definition) is 2. The third kappa shape index (κ3) is 4.51. The average Bonchev–Trinajstić information content (AvgIpc) is 2.41. The van der Waals surface area contributed by atoms with Gasteiger partial charge in [-0.15, -0.1) is 0 Å². The number of amidine groups is 1. The van der Waals surface area contributed by atoms with Crippen molar-refractivity contribution in [2.75, 3.05) is 6.54 Å². The summed E-state index contributed by atoms with van der Waals surface area (Å²) in [6.45, 7) is 10.3. The lowest BCUT2D eigenvalue weighted by Gasteiger charge is -2.27. The standard InChI is InChI=1S/C12H25N2P/c1-10(2)15(11(3)4)14-12-8-6-5-7-9-13-12/h10-11H,5-9H2,1-4H3,(H,13,14). The van der Waals surface area contributed by atoms with E-state index in [2.05, 4.69) is 37.8 Å². The molecule has 0 bridgehead atoms. The van der Waals surface area contributed by atoms with Gasteiger partial charge in [-0.2, -0.15) is 0 Å². The first-order valence-corrected chi connectivity index (χ1v) is 7.67. The highest BCUT2D eigenvalue weighted by Crippen LogP contribution is 2.41. The molecule has 15 heavy (non-hydrogen) atoms. The molecule has 0 aromatic heterocycles. The molecule has 1 heterocycles. The highest BCUT2D eigenvalue weighted by atomic mass is 31.1. The van der Waals surface area contributed by atoms with Crippen LogP contribution in [-0.4, -0.2) is 23.7 Å². The molecule has 0 fully saturated rings. The van der Waals surface area contributed by atoms with Crippen molar-refractivity contribution in [3.8, 4) is 0 Å². The molecule has 88 valence electrons. The zero-order chi connectivity index (χ0) is 11.3. The van der Waals surface area contributed by atoms with E-state index in [1.165, 1.54) is 25.1 Å². The van der Waals surface area contributed by atoms with Crippen LogP contribution in [0.2, 0.25) is 0 Å². The van der Waals surface area contributed by atoms with Crippen LogP contribution in [0.25, 0.3) is 0 Å². The van der Waals surface area contributed by atoms with Crippen molar-refractivity contribution in [3.05, 3.63) is 0 Å². The maximum atomic E-state index is 4.65. The van der Waals surface area contributed by atoms with Crippen molar-refractivity contribution in [2.45, 2.75) is 64.7 Å². The minimum atomic E-state index is -0.0941. The number of rotatable bonds is 3. The van der Waals surface area contributed by atoms with Crippen LogP contribution in [0.1, 0.15) is 53.4 Å². The van der Waals surface area contributed by atoms with Crippen molar-refractivity contribution < 1.29 is 0 Å². The van der Waals surface area contributed by atoms with Gasteiger partial charge in [-0.05, 0) is 32.2 Å². The van der Waals surface area contributed by atoms with Crippen LogP contribution in [0.4, 0.5) is 0 Å². The molecule has 0 aromatic rings. The Morgan fingerprint density at radius 1 is 1.07 bits per heavy atom. The van der Waals surface area contributed by atoms with E-state index in [0.717, 1.165) is 24.3 Å². The van der Waals surface area contributed by atoms with Crippen LogP contribution in [0, 0.1) is 0 Å². The largest absolute Gasteiger partial charge is 0.352 e. The van der Waals surface area contributed by atoms with Crippen LogP contribution in [0.5, 0.6) is 0 Å². The van der Waals surface area contributed by atoms with Crippen molar-refractivity contribution >= 4 is 13.9 Å². The summed E-state index contributed by atoms with van der Waals surface area (Å²) in [5, 5.41) is 3.71. The van der Waals surface area contributed by atoms with Gasteiger partial charge in [-0.3, -0.25) is 4.99 Å². The maximum absolute atomic E-state index is 4.65. The van der Waals surface area contributed by atoms with Crippen LogP contribution in [0.3, 0.4) is 0 Å². The second-order valence-electron chi connectivity index (χ2n) is 4.85. The first kappa shape index (κ1) is 13.0. The van der Waals surface area contributed by atoms with E-state index in [9.17, 15) is 0 Å². The highest BCUT2D eigenvalue weighted by Gasteiger charge is 2.18. The van der Waals surface area contributed by atoms with Gasteiger partial charge >= 0.3 is 0 Å². The van der Waals surface area contributed by atoms with Gasteiger partial charge in [0.15, 0.2) is 0 Å². The van der Waals surface area contributed by atoms with Gasteiger partial charge in [-0.1, -0.05) is 34.1 Å². The van der Waals surface area contributed by atoms with Crippen molar-refractivity contribution in [1.82, 2.24) is 5.09 Å². The van der Waals surface area contributed by atoms with Crippen molar-refractivity contribution in [3.63, 3.8) is 0 Å². The average molecular weight is 228 g/mol. The van der Waals surface area contributed by atoms with E-state index in [-0.39, 0.29) is 8.07 Å². The number of nitrogens with one attached hydrogen (secondary N) is 1. The summed E-state index contributed by atoms with van der Waals surface area (Å²) in [7, 11) is -0.0941. The molecule has 0 aliphatic carbocycles. The molecule has 1 aliphatic rings. The molecule has 3 heteroatoms. The number of hydrogen-bond donors (Lipinski definition) is 1. The smallest absolute Gasteiger partial charge is 0.0995 e. The summed E-state index contributed by atoms with van der Waals surface area (Å²) >= 11 is 0. The minimum absolute atomic E-state index is 0.0941. The Morgan fingerprint density at radius 3 is 2.33 bits per heavy atom. The molecule has 2 nitrogen and oxygen atoms in total. The lowest BCUT2D eigenvalue weighted by molar-refractivity contribution is 0.730. The molecular weight excluding hydrogens is 203 g/mol. The predicted octanol–water partition coefficient (Wildman–Crippen LogP) is 3.76. The Kier molecular flexibility index (Phi) is 5.60. The molecule has 0 spiro atoms. The summed E-state index contributed by atoms with van der Waals surface area (Å²) in [6.07, 6.45) is 5.09. The van der Waals surface area contributed by atoms with Gasteiger partial charge in [0.05, 0.1) is 5.84 Å². The van der Waals surface area contributed by atoms with E-state index in [0.29, 0.717) is 0 Å². The van der Waals surface area contributed by atoms with Gasteiger partial charge < -0.3 is 5.09 Å². The zero-order valence-electron chi connectivity index (χ0n) is 10.6. The fourth-order valence-corrected chi connectivity index (χ4v) is 4.16. The van der Waals surface area contributed by atoms with Gasteiger partial charge in [0.1, 0.15) is 0 Å². The summed E-state index contributed by atoms with van der Waals surface area (Å²) in [4.78, 5) is 4.65. The molecule has 0 saturated carbocycles. The monoisotopic (exact) mass is 228 g/mol. The molecular formula is C12H25N2P. The van der Waals surface area contributed by atoms with Crippen LogP contribution >= 0.6 is 8.07 Å². The molecule has 0 atom stereocenters. The molecule has 0 unspecified atom stereocenters. The summed E-state index contributed by atoms with van der Waals surface area (Å²) in [6, 6.07) is 0. The van der Waals surface area contributed by atoms with Crippen LogP contribution in [0.15, 0.2) is 4.99 Å². The molecule has 0 saturated heterocycles. The quantitative estimate of drug-likeness (QED) is 0.731. The lowest BCUT2D eigenvalue weighted by Crippen LogP contribution is -2.25. The predicted molar refractivity (Wildman–Crippen MR) is 71.1 cm³/mol. The zero-order valence-corrected chi connectivity index (χ0v) is 11.5. The fourth-order valence-electron chi connectivity index (χ4n) is 1.97. The van der Waals surface area contributed by atoms with Gasteiger partial charge in [-0.25, -0.2) is 0 Å². The minimum Gasteiger partial charge on any atom is -0.352 e. The fraction of sp³-hybridized carbons (Fsp3) is 0.917. The molecule has 1 rings (SSSR count). The molecule has 0 amide bonds. The Bertz CT molecular complexity index is 204. The topological polar surface area (TPSA) is 24.4 Å². The van der Waals surface area contributed by atoms with Gasteiger partial charge in [0.2, 0.25) is 0 Å². The summed E-state index contributed by atoms with van der Waals surface area (Å²) < 4.78 is 0. The molecule has 1 N–H and O–H groups in total. The van der Waals surface area contributed by atoms with Crippen LogP contribution < -0.4 is 5.09 Å². The van der Waals surface area contributed by atoms with Gasteiger partial charge in [0, 0.05) is 13.0 Å². The lowest BCUT2D eigenvalue weighted by atomic mass is 10.2. The Labute approximate surface area is 95.7 Å². The highest BCUT2D eigenvalue weighted by molar-refractivity contribution is 7.57. The van der Waals surface area contributed by atoms with Crippen molar-refractivity contribution in [2.24, 2.45) is 4.99 Å². The molecule has 1 aliphatic heterocycles. The molecule has 0 radical (unpaired) electrons. The van der Waals surface area contributed by atoms with E-state index in [4.69, 9.17) is 0 Å². The van der Waals surface area contributed by atoms with E-state index >= 15 is 0 Å². The Morgan fingerprint density at radius 2 is 1.73 bits per heavy atom. The number of aliphatic imine (C=N–C) groups is 1. The normalized spacial score (nSPS) is 18.2. The van der Waals surface area contributed by atoms with Crippen LogP contribution in [-0.2, 0) is 0 Å². The SMILES string of the molecule is CC(C)P(NC1=NCCCCC1)C(C)C. The summed E-state index contributed by atoms with van der Waals surface area (Å²) in [5.74, 6) is 1.28. The first-order valence-electron chi connectivity index (χ1n) is 6.19. The van der Waals surface area contributed by atoms with Gasteiger partial charge in [0.25, 0.3) is 0 Å². The van der Waals surface area contributed by atoms with Crippen molar-refractivity contribution in [1.29, 1.82) is 0 Å². The third-order valence-electron chi connectivity index (χ3n) is 2.75. The van der Waals surface area contributed by atoms with E-state index in [1.807, 2.05) is 0 Å².